The second-order valence-electron chi connectivity index (χ2n) is 3.43. The van der Waals surface area contributed by atoms with Crippen molar-refractivity contribution in [2.45, 2.75) is 45.1 Å². The largest absolute Gasteiger partial charge is 0.253 e. The van der Waals surface area contributed by atoms with E-state index in [4.69, 9.17) is 0 Å². The Balaban J connectivity index is 2.88. The number of aromatic nitrogens is 2. The highest BCUT2D eigenvalue weighted by molar-refractivity contribution is 7.99. The molecule has 0 bridgehead atoms. The van der Waals surface area contributed by atoms with E-state index >= 15 is 0 Å². The Morgan fingerprint density at radius 1 is 1.43 bits per heavy atom. The van der Waals surface area contributed by atoms with Crippen LogP contribution in [0.3, 0.4) is 0 Å². The highest BCUT2D eigenvalue weighted by Crippen LogP contribution is 2.21. The number of nitrogens with zero attached hydrogens (tertiary/aromatic N) is 2. The first-order valence-electron chi connectivity index (χ1n) is 5.15. The molecule has 3 heteroatoms. The van der Waals surface area contributed by atoms with Crippen molar-refractivity contribution in [1.82, 2.24) is 9.97 Å². The molecule has 0 saturated heterocycles. The third-order valence-electron chi connectivity index (χ3n) is 2.32. The van der Waals surface area contributed by atoms with Crippen molar-refractivity contribution in [2.75, 3.05) is 5.75 Å². The topological polar surface area (TPSA) is 25.8 Å². The molecule has 1 rings (SSSR count). The van der Waals surface area contributed by atoms with E-state index in [0.29, 0.717) is 5.92 Å². The van der Waals surface area contributed by atoms with Gasteiger partial charge in [-0.2, -0.15) is 0 Å². The Morgan fingerprint density at radius 3 is 2.64 bits per heavy atom. The molecule has 1 aromatic heterocycles. The van der Waals surface area contributed by atoms with Crippen molar-refractivity contribution in [1.29, 1.82) is 0 Å². The fourth-order valence-electron chi connectivity index (χ4n) is 1.21. The van der Waals surface area contributed by atoms with Gasteiger partial charge in [0.2, 0.25) is 0 Å². The van der Waals surface area contributed by atoms with Crippen molar-refractivity contribution in [2.24, 2.45) is 0 Å². The molecule has 1 atom stereocenters. The van der Waals surface area contributed by atoms with Gasteiger partial charge in [-0.3, -0.25) is 4.98 Å². The fourth-order valence-corrected chi connectivity index (χ4v) is 1.87. The lowest BCUT2D eigenvalue weighted by atomic mass is 10.1. The van der Waals surface area contributed by atoms with E-state index in [1.165, 1.54) is 0 Å². The molecule has 14 heavy (non-hydrogen) atoms. The summed E-state index contributed by atoms with van der Waals surface area (Å²) in [6.45, 7) is 8.54. The molecular weight excluding hydrogens is 192 g/mol. The first-order chi connectivity index (χ1) is 6.69. The SMILES string of the molecule is CCSc1ncc(C(C)CC)nc1C. The zero-order valence-electron chi connectivity index (χ0n) is 9.37. The lowest BCUT2D eigenvalue weighted by Gasteiger charge is -2.09. The summed E-state index contributed by atoms with van der Waals surface area (Å²) < 4.78 is 0. The van der Waals surface area contributed by atoms with Gasteiger partial charge in [0.25, 0.3) is 0 Å². The molecule has 0 saturated carbocycles. The minimum absolute atomic E-state index is 0.516. The molecule has 1 heterocycles. The predicted molar refractivity (Wildman–Crippen MR) is 61.9 cm³/mol. The van der Waals surface area contributed by atoms with Gasteiger partial charge in [0, 0.05) is 0 Å². The molecule has 1 aromatic rings. The average Bonchev–Trinajstić information content (AvgIpc) is 2.20. The van der Waals surface area contributed by atoms with Crippen molar-refractivity contribution in [3.63, 3.8) is 0 Å². The van der Waals surface area contributed by atoms with Crippen molar-refractivity contribution in [3.8, 4) is 0 Å². The van der Waals surface area contributed by atoms with Gasteiger partial charge in [-0.05, 0) is 25.0 Å². The van der Waals surface area contributed by atoms with Crippen LogP contribution >= 0.6 is 11.8 Å². The summed E-state index contributed by atoms with van der Waals surface area (Å²) >= 11 is 1.76. The van der Waals surface area contributed by atoms with E-state index in [1.807, 2.05) is 13.1 Å². The lowest BCUT2D eigenvalue weighted by molar-refractivity contribution is 0.691. The number of hydrogen-bond donors (Lipinski definition) is 0. The third kappa shape index (κ3) is 2.71. The van der Waals surface area contributed by atoms with Gasteiger partial charge < -0.3 is 0 Å². The smallest absolute Gasteiger partial charge is 0.117 e. The van der Waals surface area contributed by atoms with Gasteiger partial charge in [0.05, 0.1) is 17.6 Å². The van der Waals surface area contributed by atoms with Crippen molar-refractivity contribution >= 4 is 11.8 Å². The summed E-state index contributed by atoms with van der Waals surface area (Å²) in [6.07, 6.45) is 3.04. The quantitative estimate of drug-likeness (QED) is 0.712. The number of thioether (sulfide) groups is 1. The maximum Gasteiger partial charge on any atom is 0.117 e. The maximum atomic E-state index is 4.58. The minimum atomic E-state index is 0.516. The highest BCUT2D eigenvalue weighted by Gasteiger charge is 2.07. The Morgan fingerprint density at radius 2 is 2.14 bits per heavy atom. The van der Waals surface area contributed by atoms with Crippen LogP contribution in [0.2, 0.25) is 0 Å². The molecule has 1 unspecified atom stereocenters. The Labute approximate surface area is 90.5 Å². The van der Waals surface area contributed by atoms with E-state index in [9.17, 15) is 0 Å². The van der Waals surface area contributed by atoms with Crippen LogP contribution in [-0.4, -0.2) is 15.7 Å². The summed E-state index contributed by atoms with van der Waals surface area (Å²) in [4.78, 5) is 9.02. The van der Waals surface area contributed by atoms with Gasteiger partial charge in [0.15, 0.2) is 0 Å². The van der Waals surface area contributed by atoms with Gasteiger partial charge >= 0.3 is 0 Å². The monoisotopic (exact) mass is 210 g/mol. The molecular formula is C11H18N2S. The summed E-state index contributed by atoms with van der Waals surface area (Å²) in [5.41, 5.74) is 2.18. The number of aryl methyl sites for hydroxylation is 1. The summed E-state index contributed by atoms with van der Waals surface area (Å²) in [5.74, 6) is 1.57. The molecule has 0 N–H and O–H groups in total. The second kappa shape index (κ2) is 5.35. The summed E-state index contributed by atoms with van der Waals surface area (Å²) in [6, 6.07) is 0. The average molecular weight is 210 g/mol. The third-order valence-corrected chi connectivity index (χ3v) is 3.28. The Kier molecular flexibility index (Phi) is 4.39. The minimum Gasteiger partial charge on any atom is -0.253 e. The first kappa shape index (κ1) is 11.5. The van der Waals surface area contributed by atoms with E-state index in [2.05, 4.69) is 30.7 Å². The normalized spacial score (nSPS) is 12.9. The molecule has 78 valence electrons. The molecule has 0 aliphatic rings. The Bertz CT molecular complexity index is 299. The zero-order chi connectivity index (χ0) is 10.6. The summed E-state index contributed by atoms with van der Waals surface area (Å²) in [7, 11) is 0. The summed E-state index contributed by atoms with van der Waals surface area (Å²) in [5, 5.41) is 1.07. The molecule has 0 fully saturated rings. The lowest BCUT2D eigenvalue weighted by Crippen LogP contribution is -2.00. The molecule has 0 aromatic carbocycles. The van der Waals surface area contributed by atoms with Crippen LogP contribution in [0.1, 0.15) is 44.5 Å². The standard InChI is InChI=1S/C11H18N2S/c1-5-8(3)10-7-12-11(14-6-2)9(4)13-10/h7-8H,5-6H2,1-4H3. The molecule has 0 spiro atoms. The van der Waals surface area contributed by atoms with E-state index in [0.717, 1.165) is 28.6 Å². The van der Waals surface area contributed by atoms with Crippen LogP contribution in [0.5, 0.6) is 0 Å². The van der Waals surface area contributed by atoms with Gasteiger partial charge in [0.1, 0.15) is 5.03 Å². The molecule has 0 aliphatic carbocycles. The van der Waals surface area contributed by atoms with Crippen LogP contribution in [0.15, 0.2) is 11.2 Å². The van der Waals surface area contributed by atoms with Crippen LogP contribution in [-0.2, 0) is 0 Å². The molecule has 0 radical (unpaired) electrons. The van der Waals surface area contributed by atoms with E-state index in [1.54, 1.807) is 11.8 Å². The zero-order valence-corrected chi connectivity index (χ0v) is 10.2. The maximum absolute atomic E-state index is 4.58. The van der Waals surface area contributed by atoms with Gasteiger partial charge in [-0.15, -0.1) is 11.8 Å². The molecule has 0 aliphatic heterocycles. The molecule has 0 amide bonds. The van der Waals surface area contributed by atoms with Crippen molar-refractivity contribution in [3.05, 3.63) is 17.6 Å². The number of hydrogen-bond acceptors (Lipinski definition) is 3. The fraction of sp³-hybridized carbons (Fsp3) is 0.636. The van der Waals surface area contributed by atoms with Crippen LogP contribution in [0.25, 0.3) is 0 Å². The molecule has 2 nitrogen and oxygen atoms in total. The second-order valence-corrected chi connectivity index (χ2v) is 4.68. The van der Waals surface area contributed by atoms with Gasteiger partial charge in [-0.1, -0.05) is 20.8 Å². The van der Waals surface area contributed by atoms with Crippen LogP contribution in [0, 0.1) is 6.92 Å². The van der Waals surface area contributed by atoms with E-state index < -0.39 is 0 Å². The predicted octanol–water partition coefficient (Wildman–Crippen LogP) is 3.41. The Hall–Kier alpha value is -0.570. The first-order valence-corrected chi connectivity index (χ1v) is 6.13. The van der Waals surface area contributed by atoms with Gasteiger partial charge in [-0.25, -0.2) is 4.98 Å². The van der Waals surface area contributed by atoms with Crippen molar-refractivity contribution < 1.29 is 0 Å². The van der Waals surface area contributed by atoms with E-state index in [-0.39, 0.29) is 0 Å². The number of rotatable bonds is 4. The van der Waals surface area contributed by atoms with Crippen LogP contribution in [0.4, 0.5) is 0 Å². The highest BCUT2D eigenvalue weighted by atomic mass is 32.2. The van der Waals surface area contributed by atoms with Crippen LogP contribution < -0.4 is 0 Å².